The summed E-state index contributed by atoms with van der Waals surface area (Å²) in [5, 5.41) is 23.1. The van der Waals surface area contributed by atoms with Crippen LogP contribution in [0.2, 0.25) is 0 Å². The van der Waals surface area contributed by atoms with Gasteiger partial charge in [-0.3, -0.25) is 14.9 Å². The zero-order chi connectivity index (χ0) is 22.5. The Balaban J connectivity index is 2.12. The van der Waals surface area contributed by atoms with Crippen molar-refractivity contribution in [2.75, 3.05) is 7.11 Å². The first kappa shape index (κ1) is 22.8. The van der Waals surface area contributed by atoms with Crippen LogP contribution >= 0.6 is 0 Å². The predicted molar refractivity (Wildman–Crippen MR) is 97.2 cm³/mol. The Bertz CT molecular complexity index is 913. The van der Waals surface area contributed by atoms with Gasteiger partial charge in [0.15, 0.2) is 6.10 Å². The molecule has 0 unspecified atom stereocenters. The number of methoxy groups -OCH3 is 1. The van der Waals surface area contributed by atoms with Crippen LogP contribution in [0, 0.1) is 10.1 Å². The van der Waals surface area contributed by atoms with Gasteiger partial charge in [-0.25, -0.2) is 4.79 Å². The summed E-state index contributed by atoms with van der Waals surface area (Å²) in [6.45, 7) is 0. The first-order valence-electron chi connectivity index (χ1n) is 8.49. The molecule has 160 valence electrons. The van der Waals surface area contributed by atoms with Crippen molar-refractivity contribution in [3.8, 4) is 0 Å². The number of alkyl halides is 3. The summed E-state index contributed by atoms with van der Waals surface area (Å²) in [7, 11) is 1.09. The van der Waals surface area contributed by atoms with Gasteiger partial charge in [-0.15, -0.1) is 0 Å². The molecule has 2 rings (SSSR count). The second kappa shape index (κ2) is 9.35. The number of nitrogens with zero attached hydrogens (tertiary/aromatic N) is 1. The highest BCUT2D eigenvalue weighted by atomic mass is 19.4. The molecule has 0 aliphatic carbocycles. The molecule has 2 N–H and O–H groups in total. The van der Waals surface area contributed by atoms with Gasteiger partial charge in [0.1, 0.15) is 6.04 Å². The molecule has 0 aliphatic heterocycles. The van der Waals surface area contributed by atoms with E-state index in [0.717, 1.165) is 31.4 Å². The number of halogens is 3. The molecule has 30 heavy (non-hydrogen) atoms. The molecule has 0 saturated heterocycles. The van der Waals surface area contributed by atoms with Gasteiger partial charge in [-0.1, -0.05) is 24.3 Å². The summed E-state index contributed by atoms with van der Waals surface area (Å²) in [6.07, 6.45) is -6.47. The van der Waals surface area contributed by atoms with E-state index in [-0.39, 0.29) is 17.7 Å². The molecule has 0 radical (unpaired) electrons. The highest BCUT2D eigenvalue weighted by molar-refractivity contribution is 5.87. The maximum Gasteiger partial charge on any atom is 0.416 e. The summed E-state index contributed by atoms with van der Waals surface area (Å²) in [6, 6.07) is 7.37. The molecule has 0 heterocycles. The minimum absolute atomic E-state index is 0.0872. The van der Waals surface area contributed by atoms with E-state index in [1.54, 1.807) is 0 Å². The number of nitro benzene ring substituents is 1. The van der Waals surface area contributed by atoms with Crippen molar-refractivity contribution in [1.82, 2.24) is 5.32 Å². The summed E-state index contributed by atoms with van der Waals surface area (Å²) >= 11 is 0. The SMILES string of the molecule is COC(=O)[C@@H](Cc1ccc([N+](=O)[O-])cc1)NC(=O)[C@@H](O)c1ccc(C(F)(F)F)cc1. The zero-order valence-electron chi connectivity index (χ0n) is 15.6. The molecule has 11 heteroatoms. The molecule has 0 fully saturated rings. The number of aliphatic hydroxyl groups excluding tert-OH is 1. The summed E-state index contributed by atoms with van der Waals surface area (Å²) in [5.41, 5.74) is -0.723. The van der Waals surface area contributed by atoms with Crippen LogP contribution in [0.25, 0.3) is 0 Å². The predicted octanol–water partition coefficient (Wildman–Crippen LogP) is 2.55. The summed E-state index contributed by atoms with van der Waals surface area (Å²) in [4.78, 5) is 34.4. The number of hydrogen-bond donors (Lipinski definition) is 2. The van der Waals surface area contributed by atoms with Crippen molar-refractivity contribution in [3.05, 3.63) is 75.3 Å². The Labute approximate surface area is 168 Å². The molecule has 0 aliphatic rings. The van der Waals surface area contributed by atoms with E-state index >= 15 is 0 Å². The molecule has 2 aromatic carbocycles. The third-order valence-electron chi connectivity index (χ3n) is 4.19. The van der Waals surface area contributed by atoms with Gasteiger partial charge in [0, 0.05) is 18.6 Å². The van der Waals surface area contributed by atoms with E-state index in [9.17, 15) is 38.0 Å². The number of carbonyl (C=O) groups is 2. The molecule has 8 nitrogen and oxygen atoms in total. The lowest BCUT2D eigenvalue weighted by Crippen LogP contribution is -2.45. The van der Waals surface area contributed by atoms with Gasteiger partial charge in [0.05, 0.1) is 17.6 Å². The van der Waals surface area contributed by atoms with Crippen molar-refractivity contribution in [2.45, 2.75) is 24.7 Å². The Morgan fingerprint density at radius 2 is 1.70 bits per heavy atom. The molecule has 0 spiro atoms. The molecule has 2 atom stereocenters. The largest absolute Gasteiger partial charge is 0.467 e. The Hall–Kier alpha value is -3.47. The number of hydrogen-bond acceptors (Lipinski definition) is 6. The summed E-state index contributed by atoms with van der Waals surface area (Å²) < 4.78 is 42.5. The third-order valence-corrected chi connectivity index (χ3v) is 4.19. The zero-order valence-corrected chi connectivity index (χ0v) is 15.6. The van der Waals surface area contributed by atoms with Crippen LogP contribution < -0.4 is 5.32 Å². The maximum atomic E-state index is 12.6. The van der Waals surface area contributed by atoms with Crippen LogP contribution in [0.5, 0.6) is 0 Å². The number of esters is 1. The number of non-ortho nitro benzene ring substituents is 1. The highest BCUT2D eigenvalue weighted by Crippen LogP contribution is 2.30. The topological polar surface area (TPSA) is 119 Å². The first-order valence-corrected chi connectivity index (χ1v) is 8.49. The van der Waals surface area contributed by atoms with Crippen molar-refractivity contribution in [2.24, 2.45) is 0 Å². The molecule has 0 bridgehead atoms. The number of ether oxygens (including phenoxy) is 1. The van der Waals surface area contributed by atoms with Gasteiger partial charge >= 0.3 is 12.1 Å². The smallest absolute Gasteiger partial charge is 0.416 e. The van der Waals surface area contributed by atoms with Gasteiger partial charge in [0.2, 0.25) is 0 Å². The number of rotatable bonds is 7. The van der Waals surface area contributed by atoms with Crippen LogP contribution in [0.1, 0.15) is 22.8 Å². The molecule has 1 amide bonds. The van der Waals surface area contributed by atoms with E-state index in [4.69, 9.17) is 0 Å². The van der Waals surface area contributed by atoms with Crippen LogP contribution in [-0.2, 0) is 26.9 Å². The lowest BCUT2D eigenvalue weighted by Gasteiger charge is -2.19. The van der Waals surface area contributed by atoms with Gasteiger partial charge in [0.25, 0.3) is 11.6 Å². The molecular weight excluding hydrogens is 409 g/mol. The Morgan fingerprint density at radius 1 is 1.13 bits per heavy atom. The summed E-state index contributed by atoms with van der Waals surface area (Å²) in [5.74, 6) is -1.85. The second-order valence-corrected chi connectivity index (χ2v) is 6.23. The molecule has 0 aromatic heterocycles. The van der Waals surface area contributed by atoms with Crippen molar-refractivity contribution >= 4 is 17.6 Å². The normalized spacial score (nSPS) is 13.2. The van der Waals surface area contributed by atoms with E-state index in [1.807, 2.05) is 0 Å². The minimum Gasteiger partial charge on any atom is -0.467 e. The van der Waals surface area contributed by atoms with Crippen molar-refractivity contribution < 1.29 is 37.5 Å². The van der Waals surface area contributed by atoms with Crippen LogP contribution in [-0.4, -0.2) is 35.1 Å². The van der Waals surface area contributed by atoms with Gasteiger partial charge in [-0.2, -0.15) is 13.2 Å². The fourth-order valence-electron chi connectivity index (χ4n) is 2.58. The quantitative estimate of drug-likeness (QED) is 0.399. The number of nitro groups is 1. The first-order chi connectivity index (χ1) is 14.0. The molecule has 0 saturated carbocycles. The fraction of sp³-hybridized carbons (Fsp3) is 0.263. The van der Waals surface area contributed by atoms with Crippen molar-refractivity contribution in [1.29, 1.82) is 0 Å². The maximum absolute atomic E-state index is 12.6. The minimum atomic E-state index is -4.56. The average Bonchev–Trinajstić information content (AvgIpc) is 2.71. The van der Waals surface area contributed by atoms with E-state index in [1.165, 1.54) is 24.3 Å². The second-order valence-electron chi connectivity index (χ2n) is 6.23. The number of nitrogens with one attached hydrogen (secondary N) is 1. The molecule has 2 aromatic rings. The van der Waals surface area contributed by atoms with E-state index in [0.29, 0.717) is 5.56 Å². The van der Waals surface area contributed by atoms with E-state index < -0.39 is 40.7 Å². The number of carbonyl (C=O) groups excluding carboxylic acids is 2. The molecular formula is C19H17F3N2O6. The van der Waals surface area contributed by atoms with Crippen LogP contribution in [0.4, 0.5) is 18.9 Å². The lowest BCUT2D eigenvalue weighted by atomic mass is 10.0. The van der Waals surface area contributed by atoms with Gasteiger partial charge in [-0.05, 0) is 23.3 Å². The fourth-order valence-corrected chi connectivity index (χ4v) is 2.58. The lowest BCUT2D eigenvalue weighted by molar-refractivity contribution is -0.384. The van der Waals surface area contributed by atoms with Crippen LogP contribution in [0.15, 0.2) is 48.5 Å². The van der Waals surface area contributed by atoms with Gasteiger partial charge < -0.3 is 15.2 Å². The number of aliphatic hydroxyl groups is 1. The standard InChI is InChI=1S/C19H17F3N2O6/c1-30-18(27)15(10-11-2-8-14(9-3-11)24(28)29)23-17(26)16(25)12-4-6-13(7-5-12)19(20,21)22/h2-9,15-16,25H,10H2,1H3,(H,23,26)/t15-,16+/m1/s1. The number of amides is 1. The monoisotopic (exact) mass is 426 g/mol. The average molecular weight is 426 g/mol. The highest BCUT2D eigenvalue weighted by Gasteiger charge is 2.31. The number of benzene rings is 2. The third kappa shape index (κ3) is 5.77. The Morgan fingerprint density at radius 3 is 2.17 bits per heavy atom. The Kier molecular flexibility index (Phi) is 7.11. The van der Waals surface area contributed by atoms with Crippen LogP contribution in [0.3, 0.4) is 0 Å². The van der Waals surface area contributed by atoms with Crippen molar-refractivity contribution in [3.63, 3.8) is 0 Å². The van der Waals surface area contributed by atoms with E-state index in [2.05, 4.69) is 10.1 Å².